The van der Waals surface area contributed by atoms with Gasteiger partial charge in [-0.1, -0.05) is 13.8 Å². The van der Waals surface area contributed by atoms with Crippen molar-refractivity contribution < 1.29 is 4.74 Å². The molecule has 1 N–H and O–H groups in total. The molecule has 1 aliphatic carbocycles. The molecule has 88 valence electrons. The number of rotatable bonds is 0. The summed E-state index contributed by atoms with van der Waals surface area (Å²) in [7, 11) is 0. The molecule has 2 atom stereocenters. The lowest BCUT2D eigenvalue weighted by Crippen LogP contribution is -2.55. The van der Waals surface area contributed by atoms with E-state index < -0.39 is 0 Å². The number of hydrogen-bond donors (Lipinski definition) is 1. The van der Waals surface area contributed by atoms with Crippen molar-refractivity contribution in [3.63, 3.8) is 0 Å². The van der Waals surface area contributed by atoms with Crippen LogP contribution in [0, 0.1) is 5.41 Å². The lowest BCUT2D eigenvalue weighted by atomic mass is 9.85. The molecule has 2 fully saturated rings. The Morgan fingerprint density at radius 1 is 1.13 bits per heavy atom. The number of hydrogen-bond acceptors (Lipinski definition) is 2. The average molecular weight is 211 g/mol. The first-order chi connectivity index (χ1) is 7.02. The zero-order valence-electron chi connectivity index (χ0n) is 10.4. The second-order valence-corrected chi connectivity index (χ2v) is 6.19. The first kappa shape index (κ1) is 11.4. The highest BCUT2D eigenvalue weighted by molar-refractivity contribution is 4.89. The van der Waals surface area contributed by atoms with Gasteiger partial charge in [0.05, 0.1) is 6.61 Å². The summed E-state index contributed by atoms with van der Waals surface area (Å²) in [5.41, 5.74) is 0.528. The van der Waals surface area contributed by atoms with Crippen molar-refractivity contribution >= 4 is 0 Å². The topological polar surface area (TPSA) is 21.3 Å². The van der Waals surface area contributed by atoms with E-state index in [1.54, 1.807) is 0 Å². The van der Waals surface area contributed by atoms with Crippen molar-refractivity contribution in [2.45, 2.75) is 71.1 Å². The van der Waals surface area contributed by atoms with E-state index in [0.717, 1.165) is 13.0 Å². The van der Waals surface area contributed by atoms with Gasteiger partial charge in [-0.2, -0.15) is 0 Å². The van der Waals surface area contributed by atoms with Crippen molar-refractivity contribution in [1.82, 2.24) is 5.32 Å². The van der Waals surface area contributed by atoms with Crippen LogP contribution in [0.15, 0.2) is 0 Å². The van der Waals surface area contributed by atoms with Gasteiger partial charge in [0, 0.05) is 6.04 Å². The van der Waals surface area contributed by atoms with E-state index in [1.165, 1.54) is 32.1 Å². The molecule has 0 amide bonds. The summed E-state index contributed by atoms with van der Waals surface area (Å²) >= 11 is 0. The molecule has 0 radical (unpaired) electrons. The van der Waals surface area contributed by atoms with E-state index in [1.807, 2.05) is 0 Å². The fourth-order valence-electron chi connectivity index (χ4n) is 2.93. The van der Waals surface area contributed by atoms with Gasteiger partial charge in [-0.25, -0.2) is 0 Å². The molecule has 0 bridgehead atoms. The molecule has 1 aliphatic heterocycles. The molecule has 1 heterocycles. The predicted octanol–water partition coefficient (Wildman–Crippen LogP) is 3.07. The highest BCUT2D eigenvalue weighted by Gasteiger charge is 2.39. The molecule has 1 saturated carbocycles. The van der Waals surface area contributed by atoms with Gasteiger partial charge in [-0.15, -0.1) is 0 Å². The van der Waals surface area contributed by atoms with E-state index in [2.05, 4.69) is 26.1 Å². The van der Waals surface area contributed by atoms with Crippen LogP contribution >= 0.6 is 0 Å². The van der Waals surface area contributed by atoms with Gasteiger partial charge in [-0.3, -0.25) is 5.32 Å². The summed E-state index contributed by atoms with van der Waals surface area (Å²) in [5.74, 6) is 0. The third kappa shape index (κ3) is 2.73. The second kappa shape index (κ2) is 4.06. The normalized spacial score (nSPS) is 41.4. The first-order valence-corrected chi connectivity index (χ1v) is 6.43. The molecule has 0 aromatic carbocycles. The van der Waals surface area contributed by atoms with Crippen molar-refractivity contribution in [3.8, 4) is 0 Å². The Morgan fingerprint density at radius 2 is 1.93 bits per heavy atom. The van der Waals surface area contributed by atoms with Gasteiger partial charge < -0.3 is 4.74 Å². The minimum Gasteiger partial charge on any atom is -0.361 e. The summed E-state index contributed by atoms with van der Waals surface area (Å²) in [6.45, 7) is 7.99. The Morgan fingerprint density at radius 3 is 2.67 bits per heavy atom. The Labute approximate surface area is 93.8 Å². The van der Waals surface area contributed by atoms with Crippen LogP contribution < -0.4 is 5.32 Å². The van der Waals surface area contributed by atoms with Gasteiger partial charge in [0.25, 0.3) is 0 Å². The monoisotopic (exact) mass is 211 g/mol. The highest BCUT2D eigenvalue weighted by Crippen LogP contribution is 2.39. The Balaban J connectivity index is 2.02. The fraction of sp³-hybridized carbons (Fsp3) is 1.00. The standard InChI is InChI=1S/C13H25NO/c1-11-5-10-15-13(14-11)7-4-6-12(2,3)8-9-13/h11,14H,4-10H2,1-3H3. The van der Waals surface area contributed by atoms with E-state index in [9.17, 15) is 0 Å². The zero-order valence-corrected chi connectivity index (χ0v) is 10.4. The lowest BCUT2D eigenvalue weighted by molar-refractivity contribution is -0.118. The maximum atomic E-state index is 6.04. The molecule has 2 heteroatoms. The second-order valence-electron chi connectivity index (χ2n) is 6.19. The third-order valence-electron chi connectivity index (χ3n) is 4.08. The summed E-state index contributed by atoms with van der Waals surface area (Å²) in [4.78, 5) is 0. The van der Waals surface area contributed by atoms with Gasteiger partial charge >= 0.3 is 0 Å². The minimum atomic E-state index is 0.0193. The Hall–Kier alpha value is -0.0800. The predicted molar refractivity (Wildman–Crippen MR) is 62.8 cm³/mol. The van der Waals surface area contributed by atoms with Crippen LogP contribution in [0.5, 0.6) is 0 Å². The molecule has 0 aromatic heterocycles. The molecule has 0 aromatic rings. The molecular weight excluding hydrogens is 186 g/mol. The molecule has 2 rings (SSSR count). The van der Waals surface area contributed by atoms with Crippen molar-refractivity contribution in [3.05, 3.63) is 0 Å². The van der Waals surface area contributed by atoms with Gasteiger partial charge in [-0.05, 0) is 50.9 Å². The molecule has 15 heavy (non-hydrogen) atoms. The molecular formula is C13H25NO. The van der Waals surface area contributed by atoms with Gasteiger partial charge in [0.2, 0.25) is 0 Å². The van der Waals surface area contributed by atoms with Gasteiger partial charge in [0.15, 0.2) is 0 Å². The van der Waals surface area contributed by atoms with E-state index in [-0.39, 0.29) is 5.72 Å². The molecule has 1 spiro atoms. The van der Waals surface area contributed by atoms with Crippen LogP contribution in [0.3, 0.4) is 0 Å². The first-order valence-electron chi connectivity index (χ1n) is 6.43. The van der Waals surface area contributed by atoms with E-state index >= 15 is 0 Å². The number of nitrogens with one attached hydrogen (secondary N) is 1. The summed E-state index contributed by atoms with van der Waals surface area (Å²) in [6, 6.07) is 0.625. The molecule has 2 nitrogen and oxygen atoms in total. The summed E-state index contributed by atoms with van der Waals surface area (Å²) < 4.78 is 6.04. The Kier molecular flexibility index (Phi) is 3.09. The smallest absolute Gasteiger partial charge is 0.119 e. The van der Waals surface area contributed by atoms with Crippen molar-refractivity contribution in [1.29, 1.82) is 0 Å². The summed E-state index contributed by atoms with van der Waals surface area (Å²) in [6.07, 6.45) is 7.46. The highest BCUT2D eigenvalue weighted by atomic mass is 16.5. The van der Waals surface area contributed by atoms with Gasteiger partial charge in [0.1, 0.15) is 5.72 Å². The number of ether oxygens (including phenoxy) is 1. The van der Waals surface area contributed by atoms with Crippen LogP contribution in [-0.4, -0.2) is 18.4 Å². The fourth-order valence-corrected chi connectivity index (χ4v) is 2.93. The van der Waals surface area contributed by atoms with E-state index in [4.69, 9.17) is 4.74 Å². The van der Waals surface area contributed by atoms with Crippen LogP contribution in [0.25, 0.3) is 0 Å². The Bertz CT molecular complexity index is 227. The third-order valence-corrected chi connectivity index (χ3v) is 4.08. The van der Waals surface area contributed by atoms with Crippen molar-refractivity contribution in [2.24, 2.45) is 5.41 Å². The zero-order chi connectivity index (χ0) is 10.9. The lowest BCUT2D eigenvalue weighted by Gasteiger charge is -2.41. The molecule has 2 aliphatic rings. The SMILES string of the molecule is CC1CCOC2(CCCC(C)(C)CC2)N1. The van der Waals surface area contributed by atoms with Crippen LogP contribution in [-0.2, 0) is 4.74 Å². The maximum absolute atomic E-state index is 6.04. The van der Waals surface area contributed by atoms with Crippen LogP contribution in [0.4, 0.5) is 0 Å². The maximum Gasteiger partial charge on any atom is 0.119 e. The molecule has 1 saturated heterocycles. The largest absolute Gasteiger partial charge is 0.361 e. The summed E-state index contributed by atoms with van der Waals surface area (Å²) in [5, 5.41) is 3.69. The van der Waals surface area contributed by atoms with Crippen molar-refractivity contribution in [2.75, 3.05) is 6.61 Å². The van der Waals surface area contributed by atoms with E-state index in [0.29, 0.717) is 11.5 Å². The minimum absolute atomic E-state index is 0.0193. The van der Waals surface area contributed by atoms with Crippen LogP contribution in [0.1, 0.15) is 59.3 Å². The van der Waals surface area contributed by atoms with Crippen LogP contribution in [0.2, 0.25) is 0 Å². The quantitative estimate of drug-likeness (QED) is 0.665. The molecule has 2 unspecified atom stereocenters. The average Bonchev–Trinajstić information content (AvgIpc) is 2.27.